The Bertz CT molecular complexity index is 1070. The molecule has 0 aromatic heterocycles. The Morgan fingerprint density at radius 2 is 0.800 bits per heavy atom. The lowest BCUT2D eigenvalue weighted by molar-refractivity contribution is -0.951. The predicted molar refractivity (Wildman–Crippen MR) is 124 cm³/mol. The molecule has 154 valence electrons. The van der Waals surface area contributed by atoms with Gasteiger partial charge < -0.3 is 8.97 Å². The minimum absolute atomic E-state index is 1.27. The largest absolute Gasteiger partial charge is 0.316 e. The molecule has 0 unspecified atom stereocenters. The van der Waals surface area contributed by atoms with E-state index in [1.165, 1.54) is 121 Å². The summed E-state index contributed by atoms with van der Waals surface area (Å²) in [6.45, 7) is 10.6. The molecule has 7 rings (SSSR count). The van der Waals surface area contributed by atoms with Gasteiger partial charge in [-0.3, -0.25) is 0 Å². The van der Waals surface area contributed by atoms with Gasteiger partial charge >= 0.3 is 0 Å². The zero-order chi connectivity index (χ0) is 19.8. The standard InChI is InChI=1S/C28H34N2/c1-3-9-29(10-4-1)17-23-13-21-7-8-22-14-24-18-30(11-5-2-6-12-30)20-26(24)16-28(22)27(21)15-25(23)19-29/h7-8,13-16H,1-6,9-12,17-20H2/q+2. The van der Waals surface area contributed by atoms with Gasteiger partial charge in [0.25, 0.3) is 0 Å². The Balaban J connectivity index is 1.33. The Kier molecular flexibility index (Phi) is 3.73. The number of quaternary nitrogens is 2. The summed E-state index contributed by atoms with van der Waals surface area (Å²) in [5, 5.41) is 5.92. The van der Waals surface area contributed by atoms with Crippen LogP contribution in [0.15, 0.2) is 36.4 Å². The molecule has 3 aromatic carbocycles. The Morgan fingerprint density at radius 1 is 0.433 bits per heavy atom. The normalized spacial score (nSPS) is 24.0. The van der Waals surface area contributed by atoms with E-state index in [4.69, 9.17) is 0 Å². The van der Waals surface area contributed by atoms with Crippen molar-refractivity contribution < 1.29 is 8.97 Å². The molecule has 2 heteroatoms. The van der Waals surface area contributed by atoms with Crippen molar-refractivity contribution in [1.29, 1.82) is 0 Å². The molecular formula is C28H34N2+2. The van der Waals surface area contributed by atoms with E-state index in [0.717, 1.165) is 0 Å². The number of piperidine rings is 2. The van der Waals surface area contributed by atoms with Gasteiger partial charge in [-0.1, -0.05) is 12.1 Å². The number of nitrogens with zero attached hydrogens (tertiary/aromatic N) is 2. The van der Waals surface area contributed by atoms with Crippen molar-refractivity contribution >= 4 is 21.5 Å². The van der Waals surface area contributed by atoms with E-state index in [1.807, 2.05) is 0 Å². The number of benzene rings is 3. The van der Waals surface area contributed by atoms with Gasteiger partial charge in [0.15, 0.2) is 0 Å². The molecule has 30 heavy (non-hydrogen) atoms. The van der Waals surface area contributed by atoms with Gasteiger partial charge in [0.2, 0.25) is 0 Å². The van der Waals surface area contributed by atoms with Crippen molar-refractivity contribution in [3.8, 4) is 0 Å². The molecule has 0 amide bonds. The van der Waals surface area contributed by atoms with Gasteiger partial charge in [0.1, 0.15) is 26.2 Å². The second kappa shape index (κ2) is 6.31. The average molecular weight is 399 g/mol. The first-order valence-corrected chi connectivity index (χ1v) is 12.4. The van der Waals surface area contributed by atoms with Crippen molar-refractivity contribution in [3.05, 3.63) is 58.7 Å². The highest BCUT2D eigenvalue weighted by molar-refractivity contribution is 6.08. The molecule has 2 saturated heterocycles. The van der Waals surface area contributed by atoms with Crippen LogP contribution in [0.4, 0.5) is 0 Å². The molecule has 0 bridgehead atoms. The van der Waals surface area contributed by atoms with E-state index < -0.39 is 0 Å². The number of hydrogen-bond donors (Lipinski definition) is 0. The second-order valence-electron chi connectivity index (χ2n) is 11.1. The molecule has 0 radical (unpaired) electrons. The maximum Gasteiger partial charge on any atom is 0.105 e. The van der Waals surface area contributed by atoms with Crippen LogP contribution in [-0.2, 0) is 26.2 Å². The fourth-order valence-electron chi connectivity index (χ4n) is 7.48. The van der Waals surface area contributed by atoms with Crippen LogP contribution < -0.4 is 0 Å². The maximum atomic E-state index is 2.58. The molecule has 0 N–H and O–H groups in total. The molecule has 0 aliphatic carbocycles. The van der Waals surface area contributed by atoms with E-state index >= 15 is 0 Å². The highest BCUT2D eigenvalue weighted by Crippen LogP contribution is 2.40. The summed E-state index contributed by atoms with van der Waals surface area (Å²) in [4.78, 5) is 0. The van der Waals surface area contributed by atoms with E-state index in [-0.39, 0.29) is 0 Å². The van der Waals surface area contributed by atoms with E-state index in [9.17, 15) is 0 Å². The van der Waals surface area contributed by atoms with E-state index in [1.54, 1.807) is 22.3 Å². The quantitative estimate of drug-likeness (QED) is 0.321. The zero-order valence-corrected chi connectivity index (χ0v) is 18.3. The van der Waals surface area contributed by atoms with Crippen LogP contribution in [0.25, 0.3) is 21.5 Å². The first-order chi connectivity index (χ1) is 14.7. The molecule has 2 nitrogen and oxygen atoms in total. The molecule has 2 fully saturated rings. The van der Waals surface area contributed by atoms with Crippen LogP contribution in [0.5, 0.6) is 0 Å². The molecule has 4 aliphatic heterocycles. The van der Waals surface area contributed by atoms with E-state index in [0.29, 0.717) is 0 Å². The molecular weight excluding hydrogens is 364 g/mol. The minimum atomic E-state index is 1.27. The van der Waals surface area contributed by atoms with Crippen molar-refractivity contribution in [1.82, 2.24) is 0 Å². The number of rotatable bonds is 0. The summed E-state index contributed by atoms with van der Waals surface area (Å²) in [7, 11) is 0. The SMILES string of the molecule is c1cc2cc3c(cc2c2cc4c(cc12)C[N+]1(CCCCC1)C4)C[N+]1(CCCCC1)C3. The lowest BCUT2D eigenvalue weighted by Gasteiger charge is -2.37. The lowest BCUT2D eigenvalue weighted by atomic mass is 9.95. The van der Waals surface area contributed by atoms with Crippen LogP contribution in [0.2, 0.25) is 0 Å². The van der Waals surface area contributed by atoms with Gasteiger partial charge in [-0.25, -0.2) is 0 Å². The van der Waals surface area contributed by atoms with Crippen LogP contribution >= 0.6 is 0 Å². The maximum absolute atomic E-state index is 2.58. The summed E-state index contributed by atoms with van der Waals surface area (Å²) in [6, 6.07) is 15.0. The Labute approximate surface area is 180 Å². The monoisotopic (exact) mass is 398 g/mol. The molecule has 2 spiro atoms. The third-order valence-corrected chi connectivity index (χ3v) is 9.03. The fourth-order valence-corrected chi connectivity index (χ4v) is 7.48. The summed E-state index contributed by atoms with van der Waals surface area (Å²) < 4.78 is 2.66. The highest BCUT2D eigenvalue weighted by Gasteiger charge is 2.38. The first kappa shape index (κ1) is 17.7. The molecule has 3 aromatic rings. The summed E-state index contributed by atoms with van der Waals surface area (Å²) in [6.07, 6.45) is 8.55. The van der Waals surface area contributed by atoms with Crippen LogP contribution in [0.3, 0.4) is 0 Å². The summed E-state index contributed by atoms with van der Waals surface area (Å²) in [5.41, 5.74) is 6.53. The Hall–Kier alpha value is -1.90. The third kappa shape index (κ3) is 2.63. The fraction of sp³-hybridized carbons (Fsp3) is 0.500. The van der Waals surface area contributed by atoms with Crippen LogP contribution in [-0.4, -0.2) is 35.1 Å². The average Bonchev–Trinajstić information content (AvgIpc) is 3.27. The van der Waals surface area contributed by atoms with Gasteiger partial charge in [0.05, 0.1) is 26.2 Å². The van der Waals surface area contributed by atoms with Crippen LogP contribution in [0.1, 0.15) is 60.8 Å². The summed E-state index contributed by atoms with van der Waals surface area (Å²) >= 11 is 0. The minimum Gasteiger partial charge on any atom is -0.316 e. The van der Waals surface area contributed by atoms with Crippen molar-refractivity contribution in [2.45, 2.75) is 64.7 Å². The molecule has 0 atom stereocenters. The third-order valence-electron chi connectivity index (χ3n) is 9.03. The van der Waals surface area contributed by atoms with Gasteiger partial charge in [0, 0.05) is 22.3 Å². The Morgan fingerprint density at radius 3 is 1.20 bits per heavy atom. The summed E-state index contributed by atoms with van der Waals surface area (Å²) in [5.74, 6) is 0. The smallest absolute Gasteiger partial charge is 0.105 e. The number of hydrogen-bond acceptors (Lipinski definition) is 0. The van der Waals surface area contributed by atoms with Crippen molar-refractivity contribution in [2.75, 3.05) is 26.2 Å². The van der Waals surface area contributed by atoms with Gasteiger partial charge in [-0.2, -0.15) is 0 Å². The predicted octanol–water partition coefficient (Wildman–Crippen LogP) is 6.02. The van der Waals surface area contributed by atoms with Gasteiger partial charge in [-0.15, -0.1) is 0 Å². The van der Waals surface area contributed by atoms with Crippen LogP contribution in [0, 0.1) is 0 Å². The molecule has 4 aliphatic rings. The topological polar surface area (TPSA) is 0 Å². The number of fused-ring (bicyclic) bond motifs is 5. The highest BCUT2D eigenvalue weighted by atomic mass is 15.4. The van der Waals surface area contributed by atoms with Gasteiger partial charge in [-0.05, 0) is 84.3 Å². The zero-order valence-electron chi connectivity index (χ0n) is 18.3. The molecule has 4 heterocycles. The first-order valence-electron chi connectivity index (χ1n) is 12.4. The lowest BCUT2D eigenvalue weighted by Crippen LogP contribution is -2.46. The van der Waals surface area contributed by atoms with E-state index in [2.05, 4.69) is 36.4 Å². The van der Waals surface area contributed by atoms with Crippen molar-refractivity contribution in [2.24, 2.45) is 0 Å². The van der Waals surface area contributed by atoms with Crippen molar-refractivity contribution in [3.63, 3.8) is 0 Å². The molecule has 0 saturated carbocycles. The second-order valence-corrected chi connectivity index (χ2v) is 11.1.